The van der Waals surface area contributed by atoms with Crippen molar-refractivity contribution in [1.29, 1.82) is 0 Å². The summed E-state index contributed by atoms with van der Waals surface area (Å²) in [5.41, 5.74) is 1.64. The summed E-state index contributed by atoms with van der Waals surface area (Å²) in [5, 5.41) is 6.99. The number of aliphatic imine (C=N–C) groups is 1. The van der Waals surface area contributed by atoms with E-state index < -0.39 is 0 Å². The minimum absolute atomic E-state index is 0. The smallest absolute Gasteiger partial charge is 0.191 e. The van der Waals surface area contributed by atoms with E-state index in [1.807, 2.05) is 7.05 Å². The van der Waals surface area contributed by atoms with Gasteiger partial charge in [0.15, 0.2) is 5.96 Å². The van der Waals surface area contributed by atoms with Crippen molar-refractivity contribution in [1.82, 2.24) is 15.5 Å². The Morgan fingerprint density at radius 3 is 2.89 bits per heavy atom. The number of hydrogen-bond donors (Lipinski definition) is 2. The zero-order valence-corrected chi connectivity index (χ0v) is 19.8. The van der Waals surface area contributed by atoms with Crippen LogP contribution in [-0.4, -0.2) is 62.8 Å². The van der Waals surface area contributed by atoms with Crippen molar-refractivity contribution in [2.75, 3.05) is 39.8 Å². The Morgan fingerprint density at radius 1 is 1.33 bits per heavy atom. The maximum absolute atomic E-state index is 6.04. The van der Waals surface area contributed by atoms with Crippen molar-refractivity contribution in [3.8, 4) is 0 Å². The van der Waals surface area contributed by atoms with Gasteiger partial charge in [0.25, 0.3) is 0 Å². The van der Waals surface area contributed by atoms with Crippen LogP contribution in [0.25, 0.3) is 0 Å². The first-order chi connectivity index (χ1) is 12.7. The first-order valence-electron chi connectivity index (χ1n) is 9.75. The van der Waals surface area contributed by atoms with Gasteiger partial charge in [-0.3, -0.25) is 9.89 Å². The molecule has 1 aromatic rings. The Labute approximate surface area is 187 Å². The van der Waals surface area contributed by atoms with Crippen molar-refractivity contribution in [2.45, 2.75) is 43.2 Å². The number of halogens is 2. The SMILES string of the molecule is CN=C(NCC1CN2CCCC2CO1)NCC1(c2ccccc2Br)CC1.I. The lowest BCUT2D eigenvalue weighted by molar-refractivity contribution is -0.0453. The Bertz CT molecular complexity index is 667. The molecule has 3 fully saturated rings. The number of ether oxygens (including phenoxy) is 1. The molecule has 2 aliphatic heterocycles. The van der Waals surface area contributed by atoms with Gasteiger partial charge in [0.2, 0.25) is 0 Å². The highest BCUT2D eigenvalue weighted by Gasteiger charge is 2.45. The molecule has 0 bridgehead atoms. The first-order valence-corrected chi connectivity index (χ1v) is 10.5. The molecule has 4 rings (SSSR count). The van der Waals surface area contributed by atoms with E-state index in [1.165, 1.54) is 42.3 Å². The monoisotopic (exact) mass is 548 g/mol. The van der Waals surface area contributed by atoms with Gasteiger partial charge in [0, 0.05) is 42.6 Å². The van der Waals surface area contributed by atoms with Gasteiger partial charge in [-0.2, -0.15) is 0 Å². The molecule has 150 valence electrons. The molecule has 1 aromatic carbocycles. The maximum atomic E-state index is 6.04. The molecule has 1 aliphatic carbocycles. The van der Waals surface area contributed by atoms with E-state index in [1.54, 1.807) is 0 Å². The van der Waals surface area contributed by atoms with E-state index in [4.69, 9.17) is 4.74 Å². The van der Waals surface area contributed by atoms with Gasteiger partial charge in [-0.15, -0.1) is 24.0 Å². The third-order valence-corrected chi connectivity index (χ3v) is 6.77. The Hall–Kier alpha value is -0.380. The minimum Gasteiger partial charge on any atom is -0.373 e. The second kappa shape index (κ2) is 9.41. The number of nitrogens with zero attached hydrogens (tertiary/aromatic N) is 2. The molecule has 5 nitrogen and oxygen atoms in total. The van der Waals surface area contributed by atoms with Gasteiger partial charge in [-0.25, -0.2) is 0 Å². The number of hydrogen-bond acceptors (Lipinski definition) is 3. The molecule has 0 radical (unpaired) electrons. The van der Waals surface area contributed by atoms with Gasteiger partial charge < -0.3 is 15.4 Å². The van der Waals surface area contributed by atoms with Crippen LogP contribution in [0.4, 0.5) is 0 Å². The summed E-state index contributed by atoms with van der Waals surface area (Å²) in [6.45, 7) is 4.87. The molecule has 2 unspecified atom stereocenters. The average Bonchev–Trinajstić information content (AvgIpc) is 3.30. The number of morpholine rings is 1. The molecular weight excluding hydrogens is 519 g/mol. The first kappa shape index (κ1) is 21.3. The van der Waals surface area contributed by atoms with Gasteiger partial charge in [-0.05, 0) is 43.9 Å². The van der Waals surface area contributed by atoms with Gasteiger partial charge in [0.05, 0.1) is 12.7 Å². The second-order valence-corrected chi connectivity index (χ2v) is 8.67. The summed E-state index contributed by atoms with van der Waals surface area (Å²) in [7, 11) is 1.84. The molecule has 7 heteroatoms. The summed E-state index contributed by atoms with van der Waals surface area (Å²) in [5.74, 6) is 0.871. The molecule has 2 atom stereocenters. The molecule has 2 N–H and O–H groups in total. The molecule has 1 saturated carbocycles. The summed E-state index contributed by atoms with van der Waals surface area (Å²) >= 11 is 3.71. The summed E-state index contributed by atoms with van der Waals surface area (Å²) in [6.07, 6.45) is 5.30. The van der Waals surface area contributed by atoms with Gasteiger partial charge in [0.1, 0.15) is 0 Å². The lowest BCUT2D eigenvalue weighted by Gasteiger charge is -2.35. The van der Waals surface area contributed by atoms with Crippen LogP contribution in [0.1, 0.15) is 31.2 Å². The molecule has 3 aliphatic rings. The van der Waals surface area contributed by atoms with Crippen LogP contribution in [0.2, 0.25) is 0 Å². The molecule has 0 amide bonds. The third kappa shape index (κ3) is 4.97. The second-order valence-electron chi connectivity index (χ2n) is 7.81. The number of rotatable bonds is 5. The summed E-state index contributed by atoms with van der Waals surface area (Å²) < 4.78 is 7.24. The van der Waals surface area contributed by atoms with Crippen LogP contribution in [0.15, 0.2) is 33.7 Å². The number of guanidine groups is 1. The molecule has 2 saturated heterocycles. The lowest BCUT2D eigenvalue weighted by atomic mass is 9.96. The number of benzene rings is 1. The topological polar surface area (TPSA) is 48.9 Å². The molecule has 0 spiro atoms. The standard InChI is InChI=1S/C20H29BrN4O.HI/c1-22-19(23-11-16-12-25-10-4-5-15(25)13-26-16)24-14-20(8-9-20)17-6-2-3-7-18(17)21;/h2-3,6-7,15-16H,4-5,8-14H2,1H3,(H2,22,23,24);1H. The van der Waals surface area contributed by atoms with E-state index >= 15 is 0 Å². The molecular formula is C20H30BrIN4O. The van der Waals surface area contributed by atoms with E-state index in [9.17, 15) is 0 Å². The van der Waals surface area contributed by atoms with Crippen molar-refractivity contribution in [3.05, 3.63) is 34.3 Å². The highest BCUT2D eigenvalue weighted by Crippen LogP contribution is 2.49. The van der Waals surface area contributed by atoms with Crippen molar-refractivity contribution in [2.24, 2.45) is 4.99 Å². The Kier molecular flexibility index (Phi) is 7.44. The van der Waals surface area contributed by atoms with E-state index in [2.05, 4.69) is 60.7 Å². The largest absolute Gasteiger partial charge is 0.373 e. The fraction of sp³-hybridized carbons (Fsp3) is 0.650. The zero-order valence-electron chi connectivity index (χ0n) is 15.9. The number of nitrogens with one attached hydrogen (secondary N) is 2. The number of fused-ring (bicyclic) bond motifs is 1. The van der Waals surface area contributed by atoms with Crippen LogP contribution < -0.4 is 10.6 Å². The van der Waals surface area contributed by atoms with Crippen molar-refractivity contribution < 1.29 is 4.74 Å². The van der Waals surface area contributed by atoms with E-state index in [-0.39, 0.29) is 35.5 Å². The quantitative estimate of drug-likeness (QED) is 0.337. The van der Waals surface area contributed by atoms with E-state index in [0.29, 0.717) is 6.04 Å². The minimum atomic E-state index is 0. The Morgan fingerprint density at radius 2 is 2.15 bits per heavy atom. The predicted octanol–water partition coefficient (Wildman–Crippen LogP) is 3.13. The van der Waals surface area contributed by atoms with Crippen molar-refractivity contribution >= 4 is 45.9 Å². The van der Waals surface area contributed by atoms with E-state index in [0.717, 1.165) is 32.2 Å². The van der Waals surface area contributed by atoms with Crippen molar-refractivity contribution in [3.63, 3.8) is 0 Å². The van der Waals surface area contributed by atoms with Crippen LogP contribution in [0.5, 0.6) is 0 Å². The molecule has 2 heterocycles. The zero-order chi connectivity index (χ0) is 18.0. The predicted molar refractivity (Wildman–Crippen MR) is 124 cm³/mol. The van der Waals surface area contributed by atoms with Crippen LogP contribution in [0, 0.1) is 0 Å². The average molecular weight is 549 g/mol. The van der Waals surface area contributed by atoms with Crippen LogP contribution in [-0.2, 0) is 10.2 Å². The lowest BCUT2D eigenvalue weighted by Crippen LogP contribution is -2.51. The van der Waals surface area contributed by atoms with Crippen LogP contribution >= 0.6 is 39.9 Å². The highest BCUT2D eigenvalue weighted by atomic mass is 127. The maximum Gasteiger partial charge on any atom is 0.191 e. The molecule has 27 heavy (non-hydrogen) atoms. The normalized spacial score (nSPS) is 26.8. The third-order valence-electron chi connectivity index (χ3n) is 6.08. The van der Waals surface area contributed by atoms with Gasteiger partial charge >= 0.3 is 0 Å². The fourth-order valence-corrected chi connectivity index (χ4v) is 4.98. The van der Waals surface area contributed by atoms with Crippen LogP contribution in [0.3, 0.4) is 0 Å². The highest BCUT2D eigenvalue weighted by molar-refractivity contribution is 14.0. The summed E-state index contributed by atoms with van der Waals surface area (Å²) in [4.78, 5) is 6.98. The summed E-state index contributed by atoms with van der Waals surface area (Å²) in [6, 6.07) is 9.22. The fourth-order valence-electron chi connectivity index (χ4n) is 4.28. The molecule has 0 aromatic heterocycles. The Balaban J connectivity index is 0.00000210. The van der Waals surface area contributed by atoms with Gasteiger partial charge in [-0.1, -0.05) is 34.1 Å².